The van der Waals surface area contributed by atoms with E-state index in [2.05, 4.69) is 6.92 Å². The van der Waals surface area contributed by atoms with Crippen molar-refractivity contribution in [2.45, 2.75) is 39.7 Å². The third kappa shape index (κ3) is 3.35. The molecule has 2 atom stereocenters. The topological polar surface area (TPSA) is 40.5 Å². The van der Waals surface area contributed by atoms with Gasteiger partial charge in [-0.3, -0.25) is 9.69 Å². The van der Waals surface area contributed by atoms with E-state index in [1.807, 2.05) is 25.8 Å². The molecule has 0 aliphatic carbocycles. The predicted molar refractivity (Wildman–Crippen MR) is 53.8 cm³/mol. The number of likely N-dealkylation sites (tertiary alicyclic amines) is 1. The van der Waals surface area contributed by atoms with Crippen LogP contribution >= 0.6 is 0 Å². The normalized spacial score (nSPS) is 28.0. The van der Waals surface area contributed by atoms with E-state index >= 15 is 0 Å². The van der Waals surface area contributed by atoms with Crippen molar-refractivity contribution in [3.63, 3.8) is 0 Å². The van der Waals surface area contributed by atoms with Crippen LogP contribution in [0.3, 0.4) is 0 Å². The molecule has 0 aromatic rings. The molecular formula is C10H21NO2. The fourth-order valence-corrected chi connectivity index (χ4v) is 1.69. The van der Waals surface area contributed by atoms with Crippen molar-refractivity contribution in [1.82, 2.24) is 4.90 Å². The SMILES string of the molecule is CC.CCC1CC(C(=O)O)N(C)C1. The molecule has 0 spiro atoms. The minimum absolute atomic E-state index is 0.236. The van der Waals surface area contributed by atoms with Gasteiger partial charge in [0.25, 0.3) is 0 Å². The van der Waals surface area contributed by atoms with E-state index in [1.54, 1.807) is 0 Å². The summed E-state index contributed by atoms with van der Waals surface area (Å²) < 4.78 is 0. The van der Waals surface area contributed by atoms with Crippen LogP contribution in [0.2, 0.25) is 0 Å². The lowest BCUT2D eigenvalue weighted by atomic mass is 10.0. The van der Waals surface area contributed by atoms with Gasteiger partial charge in [-0.15, -0.1) is 0 Å². The van der Waals surface area contributed by atoms with E-state index < -0.39 is 5.97 Å². The average molecular weight is 187 g/mol. The van der Waals surface area contributed by atoms with Crippen LogP contribution in [0.4, 0.5) is 0 Å². The van der Waals surface area contributed by atoms with E-state index in [4.69, 9.17) is 5.11 Å². The first-order valence-electron chi connectivity index (χ1n) is 5.08. The maximum absolute atomic E-state index is 10.6. The lowest BCUT2D eigenvalue weighted by Gasteiger charge is -2.13. The molecule has 0 radical (unpaired) electrons. The summed E-state index contributed by atoms with van der Waals surface area (Å²) in [6, 6.07) is -0.236. The van der Waals surface area contributed by atoms with Gasteiger partial charge in [-0.25, -0.2) is 0 Å². The van der Waals surface area contributed by atoms with Crippen molar-refractivity contribution in [3.05, 3.63) is 0 Å². The summed E-state index contributed by atoms with van der Waals surface area (Å²) in [5.74, 6) is -0.0930. The van der Waals surface area contributed by atoms with Crippen LogP contribution in [-0.4, -0.2) is 35.6 Å². The molecular weight excluding hydrogens is 166 g/mol. The van der Waals surface area contributed by atoms with Crippen LogP contribution in [0.1, 0.15) is 33.6 Å². The van der Waals surface area contributed by atoms with Gasteiger partial charge in [-0.1, -0.05) is 27.2 Å². The Bertz CT molecular complexity index is 159. The Morgan fingerprint density at radius 2 is 2.08 bits per heavy atom. The number of likely N-dealkylation sites (N-methyl/N-ethyl adjacent to an activating group) is 1. The Balaban J connectivity index is 0.000000671. The molecule has 78 valence electrons. The van der Waals surface area contributed by atoms with E-state index in [9.17, 15) is 4.79 Å². The summed E-state index contributed by atoms with van der Waals surface area (Å²) in [6.07, 6.45) is 1.91. The molecule has 1 aliphatic heterocycles. The largest absolute Gasteiger partial charge is 0.480 e. The van der Waals surface area contributed by atoms with Gasteiger partial charge in [0.15, 0.2) is 0 Å². The Morgan fingerprint density at radius 1 is 1.54 bits per heavy atom. The summed E-state index contributed by atoms with van der Waals surface area (Å²) in [7, 11) is 1.88. The second kappa shape index (κ2) is 5.97. The van der Waals surface area contributed by atoms with Gasteiger partial charge < -0.3 is 5.11 Å². The first-order valence-corrected chi connectivity index (χ1v) is 5.08. The second-order valence-electron chi connectivity index (χ2n) is 3.30. The van der Waals surface area contributed by atoms with E-state index in [1.165, 1.54) is 0 Å². The van der Waals surface area contributed by atoms with Crippen LogP contribution in [0.5, 0.6) is 0 Å². The zero-order chi connectivity index (χ0) is 10.4. The van der Waals surface area contributed by atoms with Gasteiger partial charge in [-0.05, 0) is 19.4 Å². The number of carbonyl (C=O) groups is 1. The quantitative estimate of drug-likeness (QED) is 0.717. The molecule has 3 nitrogen and oxygen atoms in total. The highest BCUT2D eigenvalue weighted by Crippen LogP contribution is 2.23. The fourth-order valence-electron chi connectivity index (χ4n) is 1.69. The van der Waals surface area contributed by atoms with Gasteiger partial charge in [0, 0.05) is 6.54 Å². The molecule has 3 heteroatoms. The molecule has 0 aromatic carbocycles. The highest BCUT2D eigenvalue weighted by Gasteiger charge is 2.32. The lowest BCUT2D eigenvalue weighted by Crippen LogP contribution is -2.32. The Hall–Kier alpha value is -0.570. The van der Waals surface area contributed by atoms with Crippen LogP contribution < -0.4 is 0 Å². The monoisotopic (exact) mass is 187 g/mol. The molecule has 2 unspecified atom stereocenters. The summed E-state index contributed by atoms with van der Waals surface area (Å²) >= 11 is 0. The third-order valence-corrected chi connectivity index (χ3v) is 2.50. The molecule has 13 heavy (non-hydrogen) atoms. The number of carboxylic acids is 1. The van der Waals surface area contributed by atoms with Crippen LogP contribution in [0.25, 0.3) is 0 Å². The molecule has 0 amide bonds. The predicted octanol–water partition coefficient (Wildman–Crippen LogP) is 1.83. The van der Waals surface area contributed by atoms with Gasteiger partial charge >= 0.3 is 5.97 Å². The molecule has 0 bridgehead atoms. The van der Waals surface area contributed by atoms with Gasteiger partial charge in [0.2, 0.25) is 0 Å². The number of nitrogens with zero attached hydrogens (tertiary/aromatic N) is 1. The Kier molecular flexibility index (Phi) is 5.71. The maximum atomic E-state index is 10.6. The molecule has 1 N–H and O–H groups in total. The molecule has 0 aromatic heterocycles. The Morgan fingerprint density at radius 3 is 2.31 bits per heavy atom. The van der Waals surface area contributed by atoms with Crippen molar-refractivity contribution in [2.75, 3.05) is 13.6 Å². The van der Waals surface area contributed by atoms with Gasteiger partial charge in [0.1, 0.15) is 6.04 Å². The number of hydrogen-bond donors (Lipinski definition) is 1. The van der Waals surface area contributed by atoms with E-state index in [0.29, 0.717) is 5.92 Å². The molecule has 1 rings (SSSR count). The summed E-state index contributed by atoms with van der Waals surface area (Å²) in [5.41, 5.74) is 0. The lowest BCUT2D eigenvalue weighted by molar-refractivity contribution is -0.141. The van der Waals surface area contributed by atoms with E-state index in [-0.39, 0.29) is 6.04 Å². The minimum Gasteiger partial charge on any atom is -0.480 e. The summed E-state index contributed by atoms with van der Waals surface area (Å²) in [5, 5.41) is 8.76. The summed E-state index contributed by atoms with van der Waals surface area (Å²) in [4.78, 5) is 12.6. The van der Waals surface area contributed by atoms with Crippen LogP contribution in [0, 0.1) is 5.92 Å². The highest BCUT2D eigenvalue weighted by atomic mass is 16.4. The van der Waals surface area contributed by atoms with Crippen LogP contribution in [0.15, 0.2) is 0 Å². The molecule has 1 saturated heterocycles. The fraction of sp³-hybridized carbons (Fsp3) is 0.900. The number of aliphatic carboxylic acids is 1. The van der Waals surface area contributed by atoms with E-state index in [0.717, 1.165) is 19.4 Å². The first-order chi connectivity index (χ1) is 6.15. The van der Waals surface area contributed by atoms with Crippen molar-refractivity contribution in [3.8, 4) is 0 Å². The number of rotatable bonds is 2. The van der Waals surface area contributed by atoms with Crippen LogP contribution in [-0.2, 0) is 4.79 Å². The maximum Gasteiger partial charge on any atom is 0.320 e. The highest BCUT2D eigenvalue weighted by molar-refractivity contribution is 5.73. The molecule has 1 heterocycles. The third-order valence-electron chi connectivity index (χ3n) is 2.50. The zero-order valence-corrected chi connectivity index (χ0v) is 9.08. The van der Waals surface area contributed by atoms with Crippen molar-refractivity contribution >= 4 is 5.97 Å². The second-order valence-corrected chi connectivity index (χ2v) is 3.30. The first kappa shape index (κ1) is 12.4. The molecule has 1 fully saturated rings. The Labute approximate surface area is 80.7 Å². The number of hydrogen-bond acceptors (Lipinski definition) is 2. The minimum atomic E-state index is -0.677. The average Bonchev–Trinajstić information content (AvgIpc) is 2.50. The summed E-state index contributed by atoms with van der Waals surface area (Å²) in [6.45, 7) is 7.05. The van der Waals surface area contributed by atoms with Crippen molar-refractivity contribution in [1.29, 1.82) is 0 Å². The standard InChI is InChI=1S/C8H15NO2.C2H6/c1-3-6-4-7(8(10)11)9(2)5-6;1-2/h6-7H,3-5H2,1-2H3,(H,10,11);1-2H3. The van der Waals surface area contributed by atoms with Gasteiger partial charge in [0.05, 0.1) is 0 Å². The van der Waals surface area contributed by atoms with Crippen molar-refractivity contribution in [2.24, 2.45) is 5.92 Å². The molecule has 1 aliphatic rings. The molecule has 0 saturated carbocycles. The number of carboxylic acid groups (broad SMARTS) is 1. The van der Waals surface area contributed by atoms with Crippen molar-refractivity contribution < 1.29 is 9.90 Å². The van der Waals surface area contributed by atoms with Gasteiger partial charge in [-0.2, -0.15) is 0 Å². The zero-order valence-electron chi connectivity index (χ0n) is 9.08. The smallest absolute Gasteiger partial charge is 0.320 e.